The van der Waals surface area contributed by atoms with Crippen LogP contribution in [0.5, 0.6) is 17.2 Å². The molecule has 0 saturated carbocycles. The van der Waals surface area contributed by atoms with E-state index < -0.39 is 42.9 Å². The number of carbonyl (C=O) groups excluding carboxylic acids is 4. The second-order valence-electron chi connectivity index (χ2n) is 6.99. The normalized spacial score (nSPS) is 14.1. The Morgan fingerprint density at radius 3 is 2.53 bits per heavy atom. The maximum Gasteiger partial charge on any atom is 0.325 e. The lowest BCUT2D eigenvalue weighted by Crippen LogP contribution is -2.40. The van der Waals surface area contributed by atoms with Gasteiger partial charge in [-0.3, -0.25) is 19.7 Å². The predicted octanol–water partition coefficient (Wildman–Crippen LogP) is 2.47. The van der Waals surface area contributed by atoms with Crippen molar-refractivity contribution in [2.24, 2.45) is 0 Å². The van der Waals surface area contributed by atoms with Crippen molar-refractivity contribution >= 4 is 35.2 Å². The maximum absolute atomic E-state index is 12.1. The summed E-state index contributed by atoms with van der Waals surface area (Å²) in [5, 5.41) is 7.17. The topological polar surface area (TPSA) is 141 Å². The highest BCUT2D eigenvalue weighted by Gasteiger charge is 2.30. The summed E-state index contributed by atoms with van der Waals surface area (Å²) in [5.74, 6) is -0.780. The van der Waals surface area contributed by atoms with E-state index in [1.54, 1.807) is 42.5 Å². The lowest BCUT2D eigenvalue weighted by Gasteiger charge is -2.25. The number of ether oxygens (including phenoxy) is 4. The number of anilines is 2. The summed E-state index contributed by atoms with van der Waals surface area (Å²) in [7, 11) is 0. The minimum absolute atomic E-state index is 0.370. The van der Waals surface area contributed by atoms with Crippen molar-refractivity contribution in [1.82, 2.24) is 5.32 Å². The molecular formula is C23H25N3O8. The van der Waals surface area contributed by atoms with E-state index in [1.807, 2.05) is 13.8 Å². The summed E-state index contributed by atoms with van der Waals surface area (Å²) in [6.07, 6.45) is -1.49. The van der Waals surface area contributed by atoms with Crippen LogP contribution in [0.3, 0.4) is 0 Å². The first kappa shape index (κ1) is 24.4. The van der Waals surface area contributed by atoms with Crippen LogP contribution in [0.1, 0.15) is 20.3 Å². The van der Waals surface area contributed by atoms with Crippen molar-refractivity contribution in [3.8, 4) is 17.2 Å². The maximum atomic E-state index is 12.1. The number of fused-ring (bicyclic) bond motifs is 1. The summed E-state index contributed by atoms with van der Waals surface area (Å²) in [4.78, 5) is 48.2. The first-order valence-corrected chi connectivity index (χ1v) is 10.6. The van der Waals surface area contributed by atoms with Gasteiger partial charge < -0.3 is 29.6 Å². The molecule has 0 bridgehead atoms. The number of rotatable bonds is 9. The molecule has 1 heterocycles. The van der Waals surface area contributed by atoms with Crippen LogP contribution in [0.15, 0.2) is 42.5 Å². The average molecular weight is 471 g/mol. The van der Waals surface area contributed by atoms with E-state index in [4.69, 9.17) is 18.9 Å². The summed E-state index contributed by atoms with van der Waals surface area (Å²) < 4.78 is 21.3. The van der Waals surface area contributed by atoms with E-state index in [-0.39, 0.29) is 0 Å². The van der Waals surface area contributed by atoms with E-state index in [0.717, 1.165) is 0 Å². The molecule has 180 valence electrons. The Balaban J connectivity index is 1.45. The Morgan fingerprint density at radius 1 is 1.03 bits per heavy atom. The number of esters is 1. The second kappa shape index (κ2) is 11.5. The van der Waals surface area contributed by atoms with Crippen molar-refractivity contribution in [1.29, 1.82) is 0 Å². The Bertz CT molecular complexity index is 1070. The van der Waals surface area contributed by atoms with Gasteiger partial charge in [0.05, 0.1) is 25.3 Å². The minimum Gasteiger partial charge on any atom is -0.490 e. The molecule has 34 heavy (non-hydrogen) atoms. The highest BCUT2D eigenvalue weighted by atomic mass is 16.5. The molecule has 3 N–H and O–H groups in total. The summed E-state index contributed by atoms with van der Waals surface area (Å²) in [6, 6.07) is 10.8. The standard InChI is InChI=1S/C23H25N3O8/c1-3-31-17-10-9-14(11-18(17)32-4-2)24-23(30)26-20(27)13-33-21(28)12-19-22(29)25-15-7-5-6-8-16(15)34-19/h5-11,19H,3-4,12-13H2,1-2H3,(H,25,29)(H2,24,26,27,30). The molecule has 1 aliphatic rings. The van der Waals surface area contributed by atoms with Crippen molar-refractivity contribution in [3.05, 3.63) is 42.5 Å². The highest BCUT2D eigenvalue weighted by molar-refractivity contribution is 6.02. The lowest BCUT2D eigenvalue weighted by atomic mass is 10.1. The number of amides is 4. The molecule has 0 spiro atoms. The third-order valence-corrected chi connectivity index (χ3v) is 4.48. The molecule has 0 aromatic heterocycles. The number of urea groups is 1. The Morgan fingerprint density at radius 2 is 1.76 bits per heavy atom. The van der Waals surface area contributed by atoms with Gasteiger partial charge in [0.15, 0.2) is 24.2 Å². The first-order chi connectivity index (χ1) is 16.4. The minimum atomic E-state index is -1.09. The zero-order valence-electron chi connectivity index (χ0n) is 18.7. The van der Waals surface area contributed by atoms with Crippen molar-refractivity contribution < 1.29 is 38.1 Å². The van der Waals surface area contributed by atoms with Crippen LogP contribution in [0.2, 0.25) is 0 Å². The number of nitrogens with one attached hydrogen (secondary N) is 3. The molecule has 0 aliphatic carbocycles. The smallest absolute Gasteiger partial charge is 0.325 e. The molecule has 0 fully saturated rings. The molecule has 2 aromatic rings. The summed E-state index contributed by atoms with van der Waals surface area (Å²) in [6.45, 7) is 3.80. The first-order valence-electron chi connectivity index (χ1n) is 10.6. The van der Waals surface area contributed by atoms with Gasteiger partial charge in [0.2, 0.25) is 0 Å². The van der Waals surface area contributed by atoms with Gasteiger partial charge >= 0.3 is 12.0 Å². The molecular weight excluding hydrogens is 446 g/mol. The monoisotopic (exact) mass is 471 g/mol. The number of imide groups is 1. The molecule has 11 heteroatoms. The van der Waals surface area contributed by atoms with Crippen LogP contribution < -0.4 is 30.2 Å². The third-order valence-electron chi connectivity index (χ3n) is 4.48. The number of hydrogen-bond donors (Lipinski definition) is 3. The zero-order valence-corrected chi connectivity index (χ0v) is 18.7. The van der Waals surface area contributed by atoms with Crippen LogP contribution in [0.25, 0.3) is 0 Å². The molecule has 1 atom stereocenters. The van der Waals surface area contributed by atoms with Gasteiger partial charge in [0, 0.05) is 11.8 Å². The SMILES string of the molecule is CCOc1ccc(NC(=O)NC(=O)COC(=O)CC2Oc3ccccc3NC2=O)cc1OCC. The molecule has 3 rings (SSSR count). The van der Waals surface area contributed by atoms with Crippen LogP contribution in [0.4, 0.5) is 16.2 Å². The fourth-order valence-electron chi connectivity index (χ4n) is 3.04. The van der Waals surface area contributed by atoms with Gasteiger partial charge in [-0.15, -0.1) is 0 Å². The van der Waals surface area contributed by atoms with Crippen LogP contribution >= 0.6 is 0 Å². The quantitative estimate of drug-likeness (QED) is 0.474. The van der Waals surface area contributed by atoms with E-state index in [2.05, 4.69) is 16.0 Å². The number of hydrogen-bond acceptors (Lipinski definition) is 8. The Hall–Kier alpha value is -4.28. The molecule has 1 unspecified atom stereocenters. The van der Waals surface area contributed by atoms with Gasteiger partial charge in [-0.25, -0.2) is 4.79 Å². The predicted molar refractivity (Wildman–Crippen MR) is 121 cm³/mol. The molecule has 11 nitrogen and oxygen atoms in total. The lowest BCUT2D eigenvalue weighted by molar-refractivity contribution is -0.151. The molecule has 0 radical (unpaired) electrons. The van der Waals surface area contributed by atoms with E-state index in [0.29, 0.717) is 41.8 Å². The largest absolute Gasteiger partial charge is 0.490 e. The molecule has 0 saturated heterocycles. The summed E-state index contributed by atoms with van der Waals surface area (Å²) >= 11 is 0. The van der Waals surface area contributed by atoms with Gasteiger partial charge in [0.25, 0.3) is 11.8 Å². The van der Waals surface area contributed by atoms with E-state index in [9.17, 15) is 19.2 Å². The van der Waals surface area contributed by atoms with E-state index >= 15 is 0 Å². The fourth-order valence-corrected chi connectivity index (χ4v) is 3.04. The number of carbonyl (C=O) groups is 4. The highest BCUT2D eigenvalue weighted by Crippen LogP contribution is 2.31. The Kier molecular flexibility index (Phi) is 8.27. The molecule has 1 aliphatic heterocycles. The molecule has 2 aromatic carbocycles. The van der Waals surface area contributed by atoms with Gasteiger partial charge in [-0.1, -0.05) is 12.1 Å². The van der Waals surface area contributed by atoms with Gasteiger partial charge in [-0.2, -0.15) is 0 Å². The van der Waals surface area contributed by atoms with E-state index in [1.165, 1.54) is 0 Å². The third kappa shape index (κ3) is 6.61. The molecule has 4 amide bonds. The number of benzene rings is 2. The Labute approximate surface area is 195 Å². The van der Waals surface area contributed by atoms with Crippen LogP contribution in [0, 0.1) is 0 Å². The average Bonchev–Trinajstić information content (AvgIpc) is 2.80. The number of para-hydroxylation sites is 2. The van der Waals surface area contributed by atoms with Crippen LogP contribution in [-0.2, 0) is 19.1 Å². The fraction of sp³-hybridized carbons (Fsp3) is 0.304. The van der Waals surface area contributed by atoms with Gasteiger partial charge in [0.1, 0.15) is 5.75 Å². The van der Waals surface area contributed by atoms with Crippen molar-refractivity contribution in [2.75, 3.05) is 30.5 Å². The van der Waals surface area contributed by atoms with Gasteiger partial charge in [-0.05, 0) is 38.1 Å². The van der Waals surface area contributed by atoms with Crippen LogP contribution in [-0.4, -0.2) is 49.7 Å². The zero-order chi connectivity index (χ0) is 24.5. The van der Waals surface area contributed by atoms with Crippen molar-refractivity contribution in [2.45, 2.75) is 26.4 Å². The van der Waals surface area contributed by atoms with Crippen molar-refractivity contribution in [3.63, 3.8) is 0 Å². The summed E-state index contributed by atoms with van der Waals surface area (Å²) in [5.41, 5.74) is 0.873. The second-order valence-corrected chi connectivity index (χ2v) is 6.99.